The first kappa shape index (κ1) is 17.5. The van der Waals surface area contributed by atoms with Crippen LogP contribution >= 0.6 is 0 Å². The van der Waals surface area contributed by atoms with Crippen LogP contribution in [0.5, 0.6) is 0 Å². The Balaban J connectivity index is 1.53. The summed E-state index contributed by atoms with van der Waals surface area (Å²) in [6, 6.07) is 16.8. The summed E-state index contributed by atoms with van der Waals surface area (Å²) >= 11 is 0. The van der Waals surface area contributed by atoms with E-state index in [1.807, 2.05) is 9.58 Å². The van der Waals surface area contributed by atoms with Gasteiger partial charge in [-0.15, -0.1) is 0 Å². The molecule has 2 heterocycles. The molecule has 0 radical (unpaired) electrons. The van der Waals surface area contributed by atoms with E-state index in [9.17, 15) is 9.18 Å². The van der Waals surface area contributed by atoms with Gasteiger partial charge in [0, 0.05) is 18.7 Å². The number of carbonyl (C=O) groups excluding carboxylic acids is 1. The molecule has 5 heteroatoms. The first-order valence-corrected chi connectivity index (χ1v) is 9.25. The van der Waals surface area contributed by atoms with E-state index >= 15 is 0 Å². The molecule has 138 valence electrons. The summed E-state index contributed by atoms with van der Waals surface area (Å²) in [4.78, 5) is 14.5. The third-order valence-corrected chi connectivity index (χ3v) is 5.01. The minimum Gasteiger partial charge on any atom is -0.336 e. The van der Waals surface area contributed by atoms with Crippen molar-refractivity contribution < 1.29 is 9.18 Å². The van der Waals surface area contributed by atoms with Gasteiger partial charge in [0.15, 0.2) is 0 Å². The minimum absolute atomic E-state index is 0.0494. The fraction of sp³-hybridized carbons (Fsp3) is 0.273. The molecule has 0 fully saturated rings. The third-order valence-electron chi connectivity index (χ3n) is 5.01. The van der Waals surface area contributed by atoms with Crippen LogP contribution in [0.15, 0.2) is 54.6 Å². The van der Waals surface area contributed by atoms with Crippen molar-refractivity contribution in [3.63, 3.8) is 0 Å². The van der Waals surface area contributed by atoms with Crippen molar-refractivity contribution in [2.45, 2.75) is 32.9 Å². The Morgan fingerprint density at radius 2 is 1.89 bits per heavy atom. The number of benzene rings is 2. The quantitative estimate of drug-likeness (QED) is 0.706. The van der Waals surface area contributed by atoms with Gasteiger partial charge in [0.1, 0.15) is 5.82 Å². The topological polar surface area (TPSA) is 38.1 Å². The Hall–Kier alpha value is -2.95. The second kappa shape index (κ2) is 7.35. The van der Waals surface area contributed by atoms with Gasteiger partial charge in [-0.25, -0.2) is 4.39 Å². The normalized spacial score (nSPS) is 13.9. The van der Waals surface area contributed by atoms with Crippen molar-refractivity contribution in [1.29, 1.82) is 0 Å². The average molecular weight is 363 g/mol. The van der Waals surface area contributed by atoms with Crippen molar-refractivity contribution in [2.75, 3.05) is 6.54 Å². The second-order valence-electron chi connectivity index (χ2n) is 7.05. The van der Waals surface area contributed by atoms with E-state index in [1.165, 1.54) is 11.6 Å². The lowest BCUT2D eigenvalue weighted by atomic mass is 10.1. The number of rotatable bonds is 3. The highest BCUT2D eigenvalue weighted by Gasteiger charge is 2.21. The smallest absolute Gasteiger partial charge is 0.227 e. The van der Waals surface area contributed by atoms with Crippen LogP contribution in [0.25, 0.3) is 11.3 Å². The monoisotopic (exact) mass is 363 g/mol. The lowest BCUT2D eigenvalue weighted by Gasteiger charge is -2.20. The first-order chi connectivity index (χ1) is 13.1. The maximum Gasteiger partial charge on any atom is 0.227 e. The Morgan fingerprint density at radius 3 is 2.67 bits per heavy atom. The molecule has 0 saturated heterocycles. The highest BCUT2D eigenvalue weighted by Crippen LogP contribution is 2.23. The molecule has 0 N–H and O–H groups in total. The van der Waals surface area contributed by atoms with E-state index < -0.39 is 0 Å². The van der Waals surface area contributed by atoms with Crippen molar-refractivity contribution in [3.05, 3.63) is 77.2 Å². The molecule has 0 atom stereocenters. The van der Waals surface area contributed by atoms with E-state index in [1.54, 1.807) is 18.2 Å². The molecule has 1 amide bonds. The number of aryl methyl sites for hydroxylation is 2. The fourth-order valence-electron chi connectivity index (χ4n) is 3.46. The minimum atomic E-state index is -0.327. The number of aromatic nitrogens is 2. The first-order valence-electron chi connectivity index (χ1n) is 9.25. The molecule has 1 aliphatic rings. The zero-order chi connectivity index (χ0) is 18.8. The number of hydrogen-bond donors (Lipinski definition) is 0. The third kappa shape index (κ3) is 3.77. The van der Waals surface area contributed by atoms with Crippen LogP contribution in [0, 0.1) is 12.7 Å². The highest BCUT2D eigenvalue weighted by atomic mass is 19.1. The highest BCUT2D eigenvalue weighted by molar-refractivity contribution is 5.79. The van der Waals surface area contributed by atoms with Crippen LogP contribution in [-0.2, 0) is 24.3 Å². The Morgan fingerprint density at radius 1 is 1.11 bits per heavy atom. The van der Waals surface area contributed by atoms with E-state index in [2.05, 4.69) is 37.3 Å². The van der Waals surface area contributed by atoms with Gasteiger partial charge < -0.3 is 4.90 Å². The van der Waals surface area contributed by atoms with Crippen LogP contribution < -0.4 is 0 Å². The summed E-state index contributed by atoms with van der Waals surface area (Å²) in [5, 5.41) is 4.72. The largest absolute Gasteiger partial charge is 0.336 e. The van der Waals surface area contributed by atoms with Gasteiger partial charge in [0.25, 0.3) is 0 Å². The standard InChI is InChI=1S/C22H22FN3O/c1-16-7-9-17(10-8-16)21-14-19-15-25(11-4-12-26(19)24-21)22(27)13-18-5-2-3-6-20(18)23/h2-3,5-10,14H,4,11-13,15H2,1H3. The number of carbonyl (C=O) groups is 1. The summed E-state index contributed by atoms with van der Waals surface area (Å²) in [5.41, 5.74) is 4.67. The lowest BCUT2D eigenvalue weighted by molar-refractivity contribution is -0.131. The predicted molar refractivity (Wildman–Crippen MR) is 103 cm³/mol. The van der Waals surface area contributed by atoms with Gasteiger partial charge >= 0.3 is 0 Å². The Kier molecular flexibility index (Phi) is 4.75. The van der Waals surface area contributed by atoms with Crippen LogP contribution in [0.4, 0.5) is 4.39 Å². The molecule has 0 spiro atoms. The van der Waals surface area contributed by atoms with E-state index in [-0.39, 0.29) is 18.1 Å². The second-order valence-corrected chi connectivity index (χ2v) is 7.05. The molecule has 4 nitrogen and oxygen atoms in total. The molecule has 0 aliphatic carbocycles. The zero-order valence-corrected chi connectivity index (χ0v) is 15.4. The molecule has 3 aromatic rings. The van der Waals surface area contributed by atoms with E-state index in [0.29, 0.717) is 18.7 Å². The maximum atomic E-state index is 13.9. The van der Waals surface area contributed by atoms with Gasteiger partial charge in [-0.05, 0) is 31.0 Å². The number of amides is 1. The molecule has 0 bridgehead atoms. The summed E-state index contributed by atoms with van der Waals surface area (Å²) in [6.45, 7) is 4.01. The molecule has 0 saturated carbocycles. The Bertz CT molecular complexity index is 962. The number of nitrogens with zero attached hydrogens (tertiary/aromatic N) is 3. The summed E-state index contributed by atoms with van der Waals surface area (Å²) in [6.07, 6.45) is 0.927. The van der Waals surface area contributed by atoms with Crippen molar-refractivity contribution in [1.82, 2.24) is 14.7 Å². The van der Waals surface area contributed by atoms with Crippen molar-refractivity contribution in [2.24, 2.45) is 0 Å². The van der Waals surface area contributed by atoms with Crippen LogP contribution in [0.3, 0.4) is 0 Å². The molecule has 27 heavy (non-hydrogen) atoms. The Labute approximate surface area is 158 Å². The predicted octanol–water partition coefficient (Wildman–Crippen LogP) is 3.97. The molecule has 0 unspecified atom stereocenters. The summed E-state index contributed by atoms with van der Waals surface area (Å²) in [7, 11) is 0. The molecular formula is C22H22FN3O. The van der Waals surface area contributed by atoms with Gasteiger partial charge in [-0.1, -0.05) is 48.0 Å². The molecule has 1 aromatic heterocycles. The average Bonchev–Trinajstić information content (AvgIpc) is 2.95. The van der Waals surface area contributed by atoms with E-state index in [4.69, 9.17) is 5.10 Å². The van der Waals surface area contributed by atoms with Gasteiger partial charge in [-0.2, -0.15) is 5.10 Å². The van der Waals surface area contributed by atoms with Crippen LogP contribution in [0.1, 0.15) is 23.2 Å². The van der Waals surface area contributed by atoms with Crippen LogP contribution in [-0.4, -0.2) is 27.1 Å². The van der Waals surface area contributed by atoms with E-state index in [0.717, 1.165) is 29.9 Å². The summed E-state index contributed by atoms with van der Waals surface area (Å²) < 4.78 is 15.9. The molecule has 4 rings (SSSR count). The SMILES string of the molecule is Cc1ccc(-c2cc3n(n2)CCCN(C(=O)Cc2ccccc2F)C3)cc1. The number of halogens is 1. The lowest BCUT2D eigenvalue weighted by Crippen LogP contribution is -2.32. The number of fused-ring (bicyclic) bond motifs is 1. The molecule has 2 aromatic carbocycles. The van der Waals surface area contributed by atoms with Gasteiger partial charge in [0.05, 0.1) is 24.4 Å². The van der Waals surface area contributed by atoms with Gasteiger partial charge in [0.2, 0.25) is 5.91 Å². The zero-order valence-electron chi connectivity index (χ0n) is 15.4. The summed E-state index contributed by atoms with van der Waals surface area (Å²) in [5.74, 6) is -0.376. The van der Waals surface area contributed by atoms with Crippen molar-refractivity contribution in [3.8, 4) is 11.3 Å². The molecular weight excluding hydrogens is 341 g/mol. The van der Waals surface area contributed by atoms with Crippen LogP contribution in [0.2, 0.25) is 0 Å². The maximum absolute atomic E-state index is 13.9. The van der Waals surface area contributed by atoms with Crippen molar-refractivity contribution >= 4 is 5.91 Å². The van der Waals surface area contributed by atoms with Gasteiger partial charge in [-0.3, -0.25) is 9.48 Å². The fourth-order valence-corrected chi connectivity index (χ4v) is 3.46. The molecule has 1 aliphatic heterocycles. The number of hydrogen-bond acceptors (Lipinski definition) is 2.